The van der Waals surface area contributed by atoms with Gasteiger partial charge < -0.3 is 10.6 Å². The monoisotopic (exact) mass is 302 g/mol. The second-order valence-electron chi connectivity index (χ2n) is 5.17. The van der Waals surface area contributed by atoms with Gasteiger partial charge in [0.1, 0.15) is 0 Å². The molecule has 0 saturated carbocycles. The van der Waals surface area contributed by atoms with Gasteiger partial charge in [-0.25, -0.2) is 0 Å². The number of carbonyl (C=O) groups excluding carboxylic acids is 1. The van der Waals surface area contributed by atoms with E-state index in [9.17, 15) is 18.0 Å². The van der Waals surface area contributed by atoms with Crippen molar-refractivity contribution >= 4 is 11.6 Å². The van der Waals surface area contributed by atoms with Crippen LogP contribution in [-0.4, -0.2) is 24.7 Å². The molecule has 0 heterocycles. The van der Waals surface area contributed by atoms with Gasteiger partial charge in [0.25, 0.3) is 5.91 Å². The third kappa shape index (κ3) is 6.06. The molecule has 1 aromatic rings. The molecule has 2 N–H and O–H groups in total. The van der Waals surface area contributed by atoms with Crippen molar-refractivity contribution < 1.29 is 18.0 Å². The first-order valence-electron chi connectivity index (χ1n) is 6.95. The number of alkyl halides is 3. The van der Waals surface area contributed by atoms with Crippen molar-refractivity contribution in [2.45, 2.75) is 45.8 Å². The van der Waals surface area contributed by atoms with E-state index in [1.807, 2.05) is 19.9 Å². The predicted octanol–water partition coefficient (Wildman–Crippen LogP) is 3.89. The maximum Gasteiger partial charge on any atom is 0.391 e. The summed E-state index contributed by atoms with van der Waals surface area (Å²) in [5.41, 5.74) is 1.89. The van der Waals surface area contributed by atoms with Gasteiger partial charge in [-0.05, 0) is 32.4 Å². The minimum absolute atomic E-state index is 0.373. The van der Waals surface area contributed by atoms with Crippen LogP contribution in [0, 0.1) is 6.92 Å². The standard InChI is InChI=1S/C15H21F3N2O/c1-4-7-19-13-6-5-10(2)8-12(13)14(21)20-11(3)9-15(16,17)18/h5-6,8,11,19H,4,7,9H2,1-3H3,(H,20,21). The Balaban J connectivity index is 2.83. The minimum atomic E-state index is -4.29. The second-order valence-corrected chi connectivity index (χ2v) is 5.17. The van der Waals surface area contributed by atoms with Gasteiger partial charge in [0, 0.05) is 18.3 Å². The average molecular weight is 302 g/mol. The molecule has 0 fully saturated rings. The maximum atomic E-state index is 12.3. The summed E-state index contributed by atoms with van der Waals surface area (Å²) >= 11 is 0. The first-order valence-corrected chi connectivity index (χ1v) is 6.95. The summed E-state index contributed by atoms with van der Waals surface area (Å²) in [6.45, 7) is 5.87. The van der Waals surface area contributed by atoms with Crippen LogP contribution in [0.25, 0.3) is 0 Å². The molecule has 0 spiro atoms. The highest BCUT2D eigenvalue weighted by Crippen LogP contribution is 2.22. The molecule has 21 heavy (non-hydrogen) atoms. The molecule has 6 heteroatoms. The molecular weight excluding hydrogens is 281 g/mol. The number of anilines is 1. The van der Waals surface area contributed by atoms with E-state index in [0.717, 1.165) is 12.0 Å². The normalized spacial score (nSPS) is 12.9. The number of amides is 1. The molecule has 3 nitrogen and oxygen atoms in total. The van der Waals surface area contributed by atoms with Crippen LogP contribution in [0.1, 0.15) is 42.6 Å². The summed E-state index contributed by atoms with van der Waals surface area (Å²) in [4.78, 5) is 12.2. The van der Waals surface area contributed by atoms with E-state index in [4.69, 9.17) is 0 Å². The maximum absolute atomic E-state index is 12.3. The molecule has 1 unspecified atom stereocenters. The number of hydrogen-bond acceptors (Lipinski definition) is 2. The zero-order valence-corrected chi connectivity index (χ0v) is 12.5. The van der Waals surface area contributed by atoms with Gasteiger partial charge in [0.15, 0.2) is 0 Å². The van der Waals surface area contributed by atoms with Gasteiger partial charge in [0.05, 0.1) is 12.0 Å². The molecule has 1 amide bonds. The fraction of sp³-hybridized carbons (Fsp3) is 0.533. The third-order valence-corrected chi connectivity index (χ3v) is 2.90. The van der Waals surface area contributed by atoms with Crippen LogP contribution in [0.3, 0.4) is 0 Å². The van der Waals surface area contributed by atoms with E-state index in [0.29, 0.717) is 17.8 Å². The van der Waals surface area contributed by atoms with E-state index in [-0.39, 0.29) is 0 Å². The lowest BCUT2D eigenvalue weighted by molar-refractivity contribution is -0.138. The minimum Gasteiger partial charge on any atom is -0.384 e. The number of rotatable bonds is 6. The topological polar surface area (TPSA) is 41.1 Å². The van der Waals surface area contributed by atoms with E-state index in [1.54, 1.807) is 12.1 Å². The smallest absolute Gasteiger partial charge is 0.384 e. The molecule has 0 aromatic heterocycles. The summed E-state index contributed by atoms with van der Waals surface area (Å²) in [7, 11) is 0. The average Bonchev–Trinajstić information content (AvgIpc) is 2.34. The van der Waals surface area contributed by atoms with Crippen LogP contribution in [0.4, 0.5) is 18.9 Å². The molecule has 1 aromatic carbocycles. The lowest BCUT2D eigenvalue weighted by Gasteiger charge is -2.18. The van der Waals surface area contributed by atoms with Crippen LogP contribution in [0.5, 0.6) is 0 Å². The van der Waals surface area contributed by atoms with Crippen molar-refractivity contribution in [3.05, 3.63) is 29.3 Å². The molecular formula is C15H21F3N2O. The van der Waals surface area contributed by atoms with Crippen molar-refractivity contribution in [1.29, 1.82) is 0 Å². The predicted molar refractivity (Wildman–Crippen MR) is 77.6 cm³/mol. The van der Waals surface area contributed by atoms with Gasteiger partial charge >= 0.3 is 6.18 Å². The van der Waals surface area contributed by atoms with Gasteiger partial charge in [-0.1, -0.05) is 18.6 Å². The molecule has 1 rings (SSSR count). The zero-order chi connectivity index (χ0) is 16.0. The Morgan fingerprint density at radius 1 is 1.33 bits per heavy atom. The zero-order valence-electron chi connectivity index (χ0n) is 12.5. The molecule has 0 bridgehead atoms. The Hall–Kier alpha value is -1.72. The van der Waals surface area contributed by atoms with E-state index >= 15 is 0 Å². The number of hydrogen-bond donors (Lipinski definition) is 2. The van der Waals surface area contributed by atoms with Crippen molar-refractivity contribution in [2.24, 2.45) is 0 Å². The van der Waals surface area contributed by atoms with Crippen LogP contribution in [0.2, 0.25) is 0 Å². The van der Waals surface area contributed by atoms with Crippen LogP contribution < -0.4 is 10.6 Å². The SMILES string of the molecule is CCCNc1ccc(C)cc1C(=O)NC(C)CC(F)(F)F. The van der Waals surface area contributed by atoms with Gasteiger partial charge in [-0.2, -0.15) is 13.2 Å². The Morgan fingerprint density at radius 2 is 2.00 bits per heavy atom. The van der Waals surface area contributed by atoms with Crippen LogP contribution in [0.15, 0.2) is 18.2 Å². The largest absolute Gasteiger partial charge is 0.391 e. The Morgan fingerprint density at radius 3 is 2.57 bits per heavy atom. The number of nitrogens with one attached hydrogen (secondary N) is 2. The quantitative estimate of drug-likeness (QED) is 0.837. The Labute approximate surface area is 122 Å². The molecule has 0 aliphatic carbocycles. The first kappa shape index (κ1) is 17.3. The highest BCUT2D eigenvalue weighted by molar-refractivity contribution is 6.00. The molecule has 0 aliphatic heterocycles. The number of benzene rings is 1. The lowest BCUT2D eigenvalue weighted by atomic mass is 10.1. The van der Waals surface area contributed by atoms with Gasteiger partial charge in [0.2, 0.25) is 0 Å². The summed E-state index contributed by atoms with van der Waals surface area (Å²) in [6, 6.07) is 4.34. The van der Waals surface area contributed by atoms with Crippen molar-refractivity contribution in [2.75, 3.05) is 11.9 Å². The van der Waals surface area contributed by atoms with Gasteiger partial charge in [-0.15, -0.1) is 0 Å². The Kier molecular flexibility index (Phi) is 6.05. The summed E-state index contributed by atoms with van der Waals surface area (Å²) in [5, 5.41) is 5.51. The lowest BCUT2D eigenvalue weighted by Crippen LogP contribution is -2.36. The van der Waals surface area contributed by atoms with Crippen LogP contribution in [-0.2, 0) is 0 Å². The second kappa shape index (κ2) is 7.33. The fourth-order valence-corrected chi connectivity index (χ4v) is 1.96. The summed E-state index contributed by atoms with van der Waals surface area (Å²) < 4.78 is 36.9. The van der Waals surface area contributed by atoms with Crippen molar-refractivity contribution in [1.82, 2.24) is 5.32 Å². The molecule has 0 aliphatic rings. The highest BCUT2D eigenvalue weighted by Gasteiger charge is 2.30. The Bertz CT molecular complexity index is 486. The highest BCUT2D eigenvalue weighted by atomic mass is 19.4. The molecule has 0 radical (unpaired) electrons. The van der Waals surface area contributed by atoms with Crippen molar-refractivity contribution in [3.8, 4) is 0 Å². The molecule has 1 atom stereocenters. The number of halogens is 3. The van der Waals surface area contributed by atoms with E-state index < -0.39 is 24.5 Å². The molecule has 0 saturated heterocycles. The van der Waals surface area contributed by atoms with Crippen molar-refractivity contribution in [3.63, 3.8) is 0 Å². The summed E-state index contributed by atoms with van der Waals surface area (Å²) in [6.07, 6.45) is -4.44. The van der Waals surface area contributed by atoms with Crippen LogP contribution >= 0.6 is 0 Å². The number of aryl methyl sites for hydroxylation is 1. The number of carbonyl (C=O) groups is 1. The third-order valence-electron chi connectivity index (χ3n) is 2.90. The molecule has 118 valence electrons. The fourth-order valence-electron chi connectivity index (χ4n) is 1.96. The van der Waals surface area contributed by atoms with E-state index in [1.165, 1.54) is 6.92 Å². The van der Waals surface area contributed by atoms with E-state index in [2.05, 4.69) is 10.6 Å². The van der Waals surface area contributed by atoms with Gasteiger partial charge in [-0.3, -0.25) is 4.79 Å². The first-order chi connectivity index (χ1) is 9.73. The summed E-state index contributed by atoms with van der Waals surface area (Å²) in [5.74, 6) is -0.492.